The number of carbonyl (C=O) groups is 1. The maximum atomic E-state index is 13.1. The molecule has 2 aliphatic heterocycles. The van der Waals surface area contributed by atoms with Gasteiger partial charge in [-0.2, -0.15) is 0 Å². The standard InChI is InChI=1S/C28H32N2O3/c1-32-26-13-10-19(16-27(26)33-2)14-15-30-22-11-12-23(30)18-21(17-22)29-28(31)25-9-5-7-20-6-3-4-8-24(20)25/h3-10,13,16,21-23H,11-12,14-15,17-18H2,1-2H3,(H,29,31). The summed E-state index contributed by atoms with van der Waals surface area (Å²) in [6.07, 6.45) is 5.48. The number of nitrogens with one attached hydrogen (secondary N) is 1. The molecule has 2 saturated heterocycles. The van der Waals surface area contributed by atoms with Crippen LogP contribution >= 0.6 is 0 Å². The number of fused-ring (bicyclic) bond motifs is 3. The summed E-state index contributed by atoms with van der Waals surface area (Å²) in [5, 5.41) is 5.48. The van der Waals surface area contributed by atoms with Crippen LogP contribution in [0.25, 0.3) is 10.8 Å². The SMILES string of the molecule is COc1ccc(CCN2C3CCC2CC(NC(=O)c2cccc4ccccc24)C3)cc1OC. The summed E-state index contributed by atoms with van der Waals surface area (Å²) in [5.74, 6) is 1.60. The van der Waals surface area contributed by atoms with Gasteiger partial charge in [0, 0.05) is 30.2 Å². The van der Waals surface area contributed by atoms with Crippen molar-refractivity contribution in [2.75, 3.05) is 20.8 Å². The molecule has 0 spiro atoms. The fraction of sp³-hybridized carbons (Fsp3) is 0.393. The molecule has 2 aliphatic rings. The quantitative estimate of drug-likeness (QED) is 0.567. The molecule has 172 valence electrons. The number of piperidine rings is 1. The number of carbonyl (C=O) groups excluding carboxylic acids is 1. The lowest BCUT2D eigenvalue weighted by Crippen LogP contribution is -2.50. The Labute approximate surface area is 195 Å². The number of methoxy groups -OCH3 is 2. The Bertz CT molecular complexity index is 1130. The van der Waals surface area contributed by atoms with E-state index in [2.05, 4.69) is 34.5 Å². The Morgan fingerprint density at radius 3 is 2.42 bits per heavy atom. The Morgan fingerprint density at radius 1 is 0.939 bits per heavy atom. The molecule has 1 amide bonds. The highest BCUT2D eigenvalue weighted by molar-refractivity contribution is 6.07. The van der Waals surface area contributed by atoms with Gasteiger partial charge >= 0.3 is 0 Å². The zero-order valence-electron chi connectivity index (χ0n) is 19.4. The molecule has 5 rings (SSSR count). The Hall–Kier alpha value is -3.05. The molecule has 2 fully saturated rings. The van der Waals surface area contributed by atoms with Gasteiger partial charge < -0.3 is 14.8 Å². The molecule has 33 heavy (non-hydrogen) atoms. The number of benzene rings is 3. The number of nitrogens with zero attached hydrogens (tertiary/aromatic N) is 1. The van der Waals surface area contributed by atoms with Crippen molar-refractivity contribution >= 4 is 16.7 Å². The first-order chi connectivity index (χ1) is 16.2. The zero-order valence-corrected chi connectivity index (χ0v) is 19.4. The van der Waals surface area contributed by atoms with Gasteiger partial charge in [-0.05, 0) is 66.6 Å². The Balaban J connectivity index is 1.21. The summed E-state index contributed by atoms with van der Waals surface area (Å²) in [6.45, 7) is 1.04. The minimum Gasteiger partial charge on any atom is -0.493 e. The lowest BCUT2D eigenvalue weighted by atomic mass is 9.95. The van der Waals surface area contributed by atoms with E-state index in [1.54, 1.807) is 14.2 Å². The van der Waals surface area contributed by atoms with Crippen molar-refractivity contribution in [3.8, 4) is 11.5 Å². The molecule has 0 aliphatic carbocycles. The Kier molecular flexibility index (Phi) is 6.23. The highest BCUT2D eigenvalue weighted by Gasteiger charge is 2.40. The fourth-order valence-corrected chi connectivity index (χ4v) is 5.74. The largest absolute Gasteiger partial charge is 0.493 e. The predicted octanol–water partition coefficient (Wildman–Crippen LogP) is 4.82. The summed E-state index contributed by atoms with van der Waals surface area (Å²) in [6, 6.07) is 21.6. The first-order valence-electron chi connectivity index (χ1n) is 11.9. The average molecular weight is 445 g/mol. The van der Waals surface area contributed by atoms with Crippen LogP contribution in [0.5, 0.6) is 11.5 Å². The van der Waals surface area contributed by atoms with Crippen LogP contribution in [0.15, 0.2) is 60.7 Å². The number of rotatable bonds is 7. The molecular weight excluding hydrogens is 412 g/mol. The van der Waals surface area contributed by atoms with E-state index >= 15 is 0 Å². The smallest absolute Gasteiger partial charge is 0.252 e. The third kappa shape index (κ3) is 4.42. The molecule has 2 heterocycles. The molecule has 2 atom stereocenters. The van der Waals surface area contributed by atoms with E-state index in [1.807, 2.05) is 36.4 Å². The Morgan fingerprint density at radius 2 is 1.67 bits per heavy atom. The average Bonchev–Trinajstić information content (AvgIpc) is 3.09. The van der Waals surface area contributed by atoms with Crippen molar-refractivity contribution in [1.29, 1.82) is 0 Å². The second kappa shape index (κ2) is 9.44. The molecule has 3 aromatic carbocycles. The second-order valence-corrected chi connectivity index (χ2v) is 9.23. The molecule has 0 radical (unpaired) electrons. The summed E-state index contributed by atoms with van der Waals surface area (Å²) in [7, 11) is 3.34. The molecule has 0 aromatic heterocycles. The van der Waals surface area contributed by atoms with Crippen LogP contribution in [0, 0.1) is 0 Å². The fourth-order valence-electron chi connectivity index (χ4n) is 5.74. The van der Waals surface area contributed by atoms with Gasteiger partial charge in [-0.1, -0.05) is 42.5 Å². The van der Waals surface area contributed by atoms with Gasteiger partial charge in [0.2, 0.25) is 0 Å². The van der Waals surface area contributed by atoms with Crippen molar-refractivity contribution in [1.82, 2.24) is 10.2 Å². The molecule has 1 N–H and O–H groups in total. The first kappa shape index (κ1) is 21.8. The molecule has 2 bridgehead atoms. The van der Waals surface area contributed by atoms with E-state index in [0.717, 1.165) is 53.6 Å². The van der Waals surface area contributed by atoms with Crippen LogP contribution in [-0.4, -0.2) is 49.7 Å². The summed E-state index contributed by atoms with van der Waals surface area (Å²) in [5.41, 5.74) is 2.04. The van der Waals surface area contributed by atoms with Crippen LogP contribution < -0.4 is 14.8 Å². The number of hydrogen-bond donors (Lipinski definition) is 1. The van der Waals surface area contributed by atoms with Crippen molar-refractivity contribution in [2.45, 2.75) is 50.2 Å². The highest BCUT2D eigenvalue weighted by Crippen LogP contribution is 2.36. The van der Waals surface area contributed by atoms with E-state index < -0.39 is 0 Å². The summed E-state index contributed by atoms with van der Waals surface area (Å²) in [4.78, 5) is 15.8. The zero-order chi connectivity index (χ0) is 22.8. The number of amides is 1. The van der Waals surface area contributed by atoms with E-state index in [4.69, 9.17) is 9.47 Å². The van der Waals surface area contributed by atoms with Gasteiger partial charge in [0.15, 0.2) is 11.5 Å². The highest BCUT2D eigenvalue weighted by atomic mass is 16.5. The molecule has 3 aromatic rings. The van der Waals surface area contributed by atoms with Crippen LogP contribution in [0.3, 0.4) is 0 Å². The van der Waals surface area contributed by atoms with E-state index in [0.29, 0.717) is 12.1 Å². The van der Waals surface area contributed by atoms with Crippen molar-refractivity contribution in [3.05, 3.63) is 71.8 Å². The van der Waals surface area contributed by atoms with Gasteiger partial charge in [0.25, 0.3) is 5.91 Å². The molecule has 5 nitrogen and oxygen atoms in total. The lowest BCUT2D eigenvalue weighted by Gasteiger charge is -2.39. The minimum atomic E-state index is 0.0509. The van der Waals surface area contributed by atoms with Gasteiger partial charge in [-0.3, -0.25) is 9.69 Å². The maximum absolute atomic E-state index is 13.1. The molecule has 5 heteroatoms. The third-order valence-electron chi connectivity index (χ3n) is 7.36. The van der Waals surface area contributed by atoms with Crippen LogP contribution in [-0.2, 0) is 6.42 Å². The normalized spacial score (nSPS) is 22.3. The van der Waals surface area contributed by atoms with Crippen LogP contribution in [0.2, 0.25) is 0 Å². The van der Waals surface area contributed by atoms with Crippen LogP contribution in [0.1, 0.15) is 41.6 Å². The predicted molar refractivity (Wildman–Crippen MR) is 131 cm³/mol. The van der Waals surface area contributed by atoms with Gasteiger partial charge in [-0.15, -0.1) is 0 Å². The maximum Gasteiger partial charge on any atom is 0.252 e. The summed E-state index contributed by atoms with van der Waals surface area (Å²) < 4.78 is 10.8. The molecule has 0 saturated carbocycles. The minimum absolute atomic E-state index is 0.0509. The van der Waals surface area contributed by atoms with Crippen molar-refractivity contribution in [2.24, 2.45) is 0 Å². The lowest BCUT2D eigenvalue weighted by molar-refractivity contribution is 0.0849. The number of ether oxygens (including phenoxy) is 2. The molecule has 2 unspecified atom stereocenters. The monoisotopic (exact) mass is 444 g/mol. The van der Waals surface area contributed by atoms with Gasteiger partial charge in [-0.25, -0.2) is 0 Å². The van der Waals surface area contributed by atoms with Gasteiger partial charge in [0.1, 0.15) is 0 Å². The first-order valence-corrected chi connectivity index (χ1v) is 11.9. The van der Waals surface area contributed by atoms with Crippen molar-refractivity contribution in [3.63, 3.8) is 0 Å². The second-order valence-electron chi connectivity index (χ2n) is 9.23. The summed E-state index contributed by atoms with van der Waals surface area (Å²) >= 11 is 0. The number of hydrogen-bond acceptors (Lipinski definition) is 4. The van der Waals surface area contributed by atoms with E-state index in [-0.39, 0.29) is 11.9 Å². The molecular formula is C28H32N2O3. The van der Waals surface area contributed by atoms with Gasteiger partial charge in [0.05, 0.1) is 14.2 Å². The van der Waals surface area contributed by atoms with E-state index in [9.17, 15) is 4.79 Å². The topological polar surface area (TPSA) is 50.8 Å². The van der Waals surface area contributed by atoms with Crippen LogP contribution in [0.4, 0.5) is 0 Å². The van der Waals surface area contributed by atoms with E-state index in [1.165, 1.54) is 18.4 Å². The van der Waals surface area contributed by atoms with Crippen molar-refractivity contribution < 1.29 is 14.3 Å². The third-order valence-corrected chi connectivity index (χ3v) is 7.36.